The van der Waals surface area contributed by atoms with Gasteiger partial charge in [0.2, 0.25) is 0 Å². The third kappa shape index (κ3) is 4.51. The first-order chi connectivity index (χ1) is 11.0. The molecule has 1 heterocycles. The smallest absolute Gasteiger partial charge is 0.338 e. The fourth-order valence-electron chi connectivity index (χ4n) is 2.94. The van der Waals surface area contributed by atoms with Crippen molar-refractivity contribution in [3.05, 3.63) is 35.1 Å². The standard InChI is InChI=1S/C17H22FNO4/c1-22-16(20)12-4-7-14(19-10-12)6-3-11-9-13(18)5-8-15(11)17(21)23-2/h5,8-9,12,14,19H,3-4,6-7,10H2,1-2H3. The first-order valence-corrected chi connectivity index (χ1v) is 7.73. The van der Waals surface area contributed by atoms with E-state index in [0.29, 0.717) is 24.1 Å². The molecule has 6 heteroatoms. The predicted octanol–water partition coefficient (Wildman–Crippen LogP) is 2.09. The second-order valence-corrected chi connectivity index (χ2v) is 5.73. The van der Waals surface area contributed by atoms with E-state index in [2.05, 4.69) is 5.32 Å². The van der Waals surface area contributed by atoms with Gasteiger partial charge in [0.1, 0.15) is 5.82 Å². The number of piperidine rings is 1. The van der Waals surface area contributed by atoms with Crippen LogP contribution in [0.1, 0.15) is 35.2 Å². The van der Waals surface area contributed by atoms with Crippen molar-refractivity contribution in [2.75, 3.05) is 20.8 Å². The first-order valence-electron chi connectivity index (χ1n) is 7.73. The van der Waals surface area contributed by atoms with Gasteiger partial charge in [-0.15, -0.1) is 0 Å². The van der Waals surface area contributed by atoms with E-state index in [1.165, 1.54) is 32.4 Å². The second-order valence-electron chi connectivity index (χ2n) is 5.73. The maximum absolute atomic E-state index is 13.4. The molecule has 23 heavy (non-hydrogen) atoms. The lowest BCUT2D eigenvalue weighted by atomic mass is 9.91. The zero-order chi connectivity index (χ0) is 16.8. The molecule has 2 unspecified atom stereocenters. The summed E-state index contributed by atoms with van der Waals surface area (Å²) in [5, 5.41) is 3.32. The van der Waals surface area contributed by atoms with Gasteiger partial charge in [-0.25, -0.2) is 9.18 Å². The molecular weight excluding hydrogens is 301 g/mol. The number of hydrogen-bond donors (Lipinski definition) is 1. The van der Waals surface area contributed by atoms with Crippen molar-refractivity contribution in [3.63, 3.8) is 0 Å². The molecule has 1 aromatic carbocycles. The van der Waals surface area contributed by atoms with Crippen LogP contribution in [0.5, 0.6) is 0 Å². The van der Waals surface area contributed by atoms with Crippen LogP contribution in [0.4, 0.5) is 4.39 Å². The summed E-state index contributed by atoms with van der Waals surface area (Å²) in [6, 6.07) is 4.34. The number of rotatable bonds is 5. The predicted molar refractivity (Wildman–Crippen MR) is 82.6 cm³/mol. The van der Waals surface area contributed by atoms with Gasteiger partial charge in [0.05, 0.1) is 25.7 Å². The minimum atomic E-state index is -0.456. The summed E-state index contributed by atoms with van der Waals surface area (Å²) < 4.78 is 22.9. The quantitative estimate of drug-likeness (QED) is 0.841. The number of methoxy groups -OCH3 is 2. The summed E-state index contributed by atoms with van der Waals surface area (Å²) in [4.78, 5) is 23.2. The first kappa shape index (κ1) is 17.4. The molecule has 1 aromatic rings. The zero-order valence-corrected chi connectivity index (χ0v) is 13.4. The molecule has 0 radical (unpaired) electrons. The molecule has 1 fully saturated rings. The van der Waals surface area contributed by atoms with Crippen molar-refractivity contribution in [2.24, 2.45) is 5.92 Å². The third-order valence-corrected chi connectivity index (χ3v) is 4.29. The van der Waals surface area contributed by atoms with Crippen molar-refractivity contribution in [3.8, 4) is 0 Å². The van der Waals surface area contributed by atoms with Crippen molar-refractivity contribution in [1.29, 1.82) is 0 Å². The molecule has 0 spiro atoms. The highest BCUT2D eigenvalue weighted by Gasteiger charge is 2.26. The van der Waals surface area contributed by atoms with Crippen LogP contribution >= 0.6 is 0 Å². The summed E-state index contributed by atoms with van der Waals surface area (Å²) in [5.74, 6) is -1.11. The molecule has 0 aromatic heterocycles. The van der Waals surface area contributed by atoms with Gasteiger partial charge >= 0.3 is 11.9 Å². The van der Waals surface area contributed by atoms with Gasteiger partial charge in [-0.1, -0.05) is 0 Å². The van der Waals surface area contributed by atoms with E-state index < -0.39 is 5.97 Å². The molecule has 0 amide bonds. The van der Waals surface area contributed by atoms with Crippen LogP contribution in [0.3, 0.4) is 0 Å². The lowest BCUT2D eigenvalue weighted by Gasteiger charge is -2.28. The van der Waals surface area contributed by atoms with Gasteiger partial charge in [-0.3, -0.25) is 4.79 Å². The lowest BCUT2D eigenvalue weighted by molar-refractivity contribution is -0.146. The number of nitrogens with one attached hydrogen (secondary N) is 1. The number of esters is 2. The van der Waals surface area contributed by atoms with Crippen LogP contribution < -0.4 is 5.32 Å². The van der Waals surface area contributed by atoms with Gasteiger partial charge in [0.15, 0.2) is 0 Å². The minimum absolute atomic E-state index is 0.101. The highest BCUT2D eigenvalue weighted by atomic mass is 19.1. The highest BCUT2D eigenvalue weighted by Crippen LogP contribution is 2.21. The number of carbonyl (C=O) groups excluding carboxylic acids is 2. The van der Waals surface area contributed by atoms with E-state index >= 15 is 0 Å². The Morgan fingerprint density at radius 3 is 2.65 bits per heavy atom. The number of aryl methyl sites for hydroxylation is 1. The monoisotopic (exact) mass is 323 g/mol. The number of carbonyl (C=O) groups is 2. The summed E-state index contributed by atoms with van der Waals surface area (Å²) in [7, 11) is 2.71. The number of hydrogen-bond acceptors (Lipinski definition) is 5. The van der Waals surface area contributed by atoms with E-state index in [0.717, 1.165) is 19.3 Å². The average Bonchev–Trinajstić information content (AvgIpc) is 2.59. The molecule has 0 aliphatic carbocycles. The van der Waals surface area contributed by atoms with Crippen LogP contribution in [0, 0.1) is 11.7 Å². The van der Waals surface area contributed by atoms with Crippen molar-refractivity contribution < 1.29 is 23.5 Å². The molecule has 126 valence electrons. The fraction of sp³-hybridized carbons (Fsp3) is 0.529. The largest absolute Gasteiger partial charge is 0.469 e. The normalized spacial score (nSPS) is 20.8. The van der Waals surface area contributed by atoms with Crippen LogP contribution in [-0.4, -0.2) is 38.7 Å². The van der Waals surface area contributed by atoms with Crippen LogP contribution in [0.25, 0.3) is 0 Å². The Bertz CT molecular complexity index is 568. The summed E-state index contributed by atoms with van der Waals surface area (Å²) in [6.07, 6.45) is 2.96. The molecule has 1 saturated heterocycles. The van der Waals surface area contributed by atoms with Gasteiger partial charge < -0.3 is 14.8 Å². The Morgan fingerprint density at radius 1 is 1.26 bits per heavy atom. The molecule has 1 aliphatic heterocycles. The Hall–Kier alpha value is -1.95. The number of ether oxygens (including phenoxy) is 2. The molecule has 1 aliphatic rings. The Kier molecular flexibility index (Phi) is 6.10. The Labute approximate surface area is 135 Å². The topological polar surface area (TPSA) is 64.6 Å². The van der Waals surface area contributed by atoms with E-state index in [4.69, 9.17) is 9.47 Å². The van der Waals surface area contributed by atoms with E-state index in [1.54, 1.807) is 0 Å². The third-order valence-electron chi connectivity index (χ3n) is 4.29. The van der Waals surface area contributed by atoms with Crippen LogP contribution in [0.15, 0.2) is 18.2 Å². The lowest BCUT2D eigenvalue weighted by Crippen LogP contribution is -2.42. The van der Waals surface area contributed by atoms with Crippen LogP contribution in [0.2, 0.25) is 0 Å². The minimum Gasteiger partial charge on any atom is -0.469 e. The fourth-order valence-corrected chi connectivity index (χ4v) is 2.94. The van der Waals surface area contributed by atoms with Gasteiger partial charge in [-0.05, 0) is 49.4 Å². The number of benzene rings is 1. The SMILES string of the molecule is COC(=O)c1ccc(F)cc1CCC1CCC(C(=O)OC)CN1. The Balaban J connectivity index is 1.93. The molecule has 1 N–H and O–H groups in total. The van der Waals surface area contributed by atoms with Gasteiger partial charge in [-0.2, -0.15) is 0 Å². The molecule has 2 atom stereocenters. The van der Waals surface area contributed by atoms with Gasteiger partial charge in [0, 0.05) is 12.6 Å². The van der Waals surface area contributed by atoms with Crippen molar-refractivity contribution in [1.82, 2.24) is 5.32 Å². The highest BCUT2D eigenvalue weighted by molar-refractivity contribution is 5.91. The average molecular weight is 323 g/mol. The Morgan fingerprint density at radius 2 is 2.04 bits per heavy atom. The zero-order valence-electron chi connectivity index (χ0n) is 13.4. The second kappa shape index (κ2) is 8.06. The number of halogens is 1. The molecule has 0 bridgehead atoms. The van der Waals surface area contributed by atoms with Crippen molar-refractivity contribution in [2.45, 2.75) is 31.7 Å². The van der Waals surface area contributed by atoms with Gasteiger partial charge in [0.25, 0.3) is 0 Å². The summed E-state index contributed by atoms with van der Waals surface area (Å²) >= 11 is 0. The summed E-state index contributed by atoms with van der Waals surface area (Å²) in [6.45, 7) is 0.588. The molecule has 5 nitrogen and oxygen atoms in total. The van der Waals surface area contributed by atoms with E-state index in [-0.39, 0.29) is 23.7 Å². The van der Waals surface area contributed by atoms with Crippen LogP contribution in [-0.2, 0) is 20.7 Å². The maximum Gasteiger partial charge on any atom is 0.338 e. The molecular formula is C17H22FNO4. The summed E-state index contributed by atoms with van der Waals surface area (Å²) in [5.41, 5.74) is 1.05. The molecule has 0 saturated carbocycles. The van der Waals surface area contributed by atoms with E-state index in [1.807, 2.05) is 0 Å². The van der Waals surface area contributed by atoms with Crippen molar-refractivity contribution >= 4 is 11.9 Å². The maximum atomic E-state index is 13.4. The molecule has 2 rings (SSSR count). The van der Waals surface area contributed by atoms with E-state index in [9.17, 15) is 14.0 Å².